The van der Waals surface area contributed by atoms with Crippen molar-refractivity contribution >= 4 is 28.3 Å². The number of benzene rings is 2. The molecule has 3 aliphatic heterocycles. The zero-order chi connectivity index (χ0) is 22.9. The van der Waals surface area contributed by atoms with E-state index in [1.165, 1.54) is 5.56 Å². The molecule has 2 fully saturated rings. The Balaban J connectivity index is 1.13. The van der Waals surface area contributed by atoms with Crippen molar-refractivity contribution < 1.29 is 14.2 Å². The lowest BCUT2D eigenvalue weighted by atomic mass is 10.1. The molecule has 34 heavy (non-hydrogen) atoms. The van der Waals surface area contributed by atoms with E-state index in [9.17, 15) is 0 Å². The second kappa shape index (κ2) is 9.54. The SMILES string of the molecule is Clc1ccc2c(N3CCOCC3)nc(CN3CCN(Cc4ccc5c(c4)OCO5)CC3)nc2c1. The van der Waals surface area contributed by atoms with E-state index in [2.05, 4.69) is 26.8 Å². The summed E-state index contributed by atoms with van der Waals surface area (Å²) in [6.07, 6.45) is 0. The first-order chi connectivity index (χ1) is 16.7. The zero-order valence-corrected chi connectivity index (χ0v) is 19.8. The Labute approximate surface area is 204 Å². The lowest BCUT2D eigenvalue weighted by Crippen LogP contribution is -2.45. The molecule has 6 rings (SSSR count). The van der Waals surface area contributed by atoms with E-state index >= 15 is 0 Å². The molecular weight excluding hydrogens is 454 g/mol. The standard InChI is InChI=1S/C25H28ClN5O3/c26-19-2-3-20-21(14-19)27-24(28-25(20)31-9-11-32-12-10-31)16-30-7-5-29(6-8-30)15-18-1-4-22-23(13-18)34-17-33-22/h1-4,13-14H,5-12,15-17H2. The summed E-state index contributed by atoms with van der Waals surface area (Å²) in [5.74, 6) is 3.52. The maximum atomic E-state index is 6.29. The number of aromatic nitrogens is 2. The van der Waals surface area contributed by atoms with Gasteiger partial charge in [-0.15, -0.1) is 0 Å². The fourth-order valence-electron chi connectivity index (χ4n) is 4.82. The van der Waals surface area contributed by atoms with Crippen molar-refractivity contribution in [1.29, 1.82) is 0 Å². The smallest absolute Gasteiger partial charge is 0.231 e. The van der Waals surface area contributed by atoms with E-state index in [1.54, 1.807) is 0 Å². The Kier molecular flexibility index (Phi) is 6.13. The van der Waals surface area contributed by atoms with Crippen molar-refractivity contribution in [2.75, 3.05) is 64.2 Å². The highest BCUT2D eigenvalue weighted by atomic mass is 35.5. The molecule has 9 heteroatoms. The van der Waals surface area contributed by atoms with E-state index in [0.29, 0.717) is 11.8 Å². The number of piperazine rings is 1. The molecule has 2 aromatic carbocycles. The minimum atomic E-state index is 0.313. The van der Waals surface area contributed by atoms with Gasteiger partial charge in [-0.3, -0.25) is 9.80 Å². The molecular formula is C25H28ClN5O3. The zero-order valence-electron chi connectivity index (χ0n) is 19.1. The van der Waals surface area contributed by atoms with Crippen molar-refractivity contribution in [3.8, 4) is 11.5 Å². The van der Waals surface area contributed by atoms with Crippen LogP contribution in [0.2, 0.25) is 5.02 Å². The van der Waals surface area contributed by atoms with Crippen LogP contribution in [0.3, 0.4) is 0 Å². The van der Waals surface area contributed by atoms with Crippen molar-refractivity contribution in [1.82, 2.24) is 19.8 Å². The lowest BCUT2D eigenvalue weighted by molar-refractivity contribution is 0.119. The summed E-state index contributed by atoms with van der Waals surface area (Å²) in [7, 11) is 0. The van der Waals surface area contributed by atoms with Gasteiger partial charge in [0.05, 0.1) is 25.3 Å². The predicted molar refractivity (Wildman–Crippen MR) is 131 cm³/mol. The third-order valence-corrected chi connectivity index (χ3v) is 6.90. The van der Waals surface area contributed by atoms with Crippen LogP contribution in [0.1, 0.15) is 11.4 Å². The van der Waals surface area contributed by atoms with Gasteiger partial charge >= 0.3 is 0 Å². The molecule has 3 aliphatic rings. The summed E-state index contributed by atoms with van der Waals surface area (Å²) < 4.78 is 16.5. The van der Waals surface area contributed by atoms with Crippen LogP contribution >= 0.6 is 11.6 Å². The Morgan fingerprint density at radius 1 is 0.794 bits per heavy atom. The fourth-order valence-corrected chi connectivity index (χ4v) is 4.99. The molecule has 2 saturated heterocycles. The van der Waals surface area contributed by atoms with E-state index in [-0.39, 0.29) is 0 Å². The number of ether oxygens (including phenoxy) is 3. The molecule has 0 amide bonds. The molecule has 0 atom stereocenters. The second-order valence-electron chi connectivity index (χ2n) is 8.96. The summed E-state index contributed by atoms with van der Waals surface area (Å²) in [5, 5.41) is 1.74. The molecule has 0 bridgehead atoms. The molecule has 1 aromatic heterocycles. The topological polar surface area (TPSA) is 63.2 Å². The van der Waals surface area contributed by atoms with Gasteiger partial charge < -0.3 is 19.1 Å². The van der Waals surface area contributed by atoms with Gasteiger partial charge in [-0.05, 0) is 35.9 Å². The number of hydrogen-bond acceptors (Lipinski definition) is 8. The molecule has 0 aliphatic carbocycles. The Morgan fingerprint density at radius 2 is 1.56 bits per heavy atom. The fraction of sp³-hybridized carbons (Fsp3) is 0.440. The Bertz CT molecular complexity index is 1180. The second-order valence-corrected chi connectivity index (χ2v) is 9.40. The quantitative estimate of drug-likeness (QED) is 0.550. The van der Waals surface area contributed by atoms with Gasteiger partial charge in [-0.2, -0.15) is 0 Å². The minimum absolute atomic E-state index is 0.313. The van der Waals surface area contributed by atoms with Gasteiger partial charge in [0, 0.05) is 56.2 Å². The first kappa shape index (κ1) is 21.9. The normalized spacial score (nSPS) is 19.1. The maximum absolute atomic E-state index is 6.29. The number of fused-ring (bicyclic) bond motifs is 2. The summed E-state index contributed by atoms with van der Waals surface area (Å²) >= 11 is 6.29. The van der Waals surface area contributed by atoms with Crippen LogP contribution in [0.25, 0.3) is 10.9 Å². The van der Waals surface area contributed by atoms with Crippen LogP contribution < -0.4 is 14.4 Å². The van der Waals surface area contributed by atoms with Gasteiger partial charge in [-0.25, -0.2) is 9.97 Å². The summed E-state index contributed by atoms with van der Waals surface area (Å²) in [5.41, 5.74) is 2.16. The van der Waals surface area contributed by atoms with Crippen LogP contribution in [-0.2, 0) is 17.8 Å². The van der Waals surface area contributed by atoms with Crippen LogP contribution in [0, 0.1) is 0 Å². The number of halogens is 1. The number of rotatable bonds is 5. The Hall–Kier alpha value is -2.65. The average molecular weight is 482 g/mol. The molecule has 3 aromatic rings. The van der Waals surface area contributed by atoms with Gasteiger partial charge in [0.15, 0.2) is 11.5 Å². The average Bonchev–Trinajstić information content (AvgIpc) is 3.33. The van der Waals surface area contributed by atoms with E-state index < -0.39 is 0 Å². The van der Waals surface area contributed by atoms with Crippen LogP contribution in [-0.4, -0.2) is 79.0 Å². The first-order valence-electron chi connectivity index (χ1n) is 11.8. The highest BCUT2D eigenvalue weighted by molar-refractivity contribution is 6.31. The van der Waals surface area contributed by atoms with Crippen molar-refractivity contribution in [3.05, 3.63) is 52.8 Å². The summed E-state index contributed by atoms with van der Waals surface area (Å²) in [4.78, 5) is 17.1. The molecule has 0 unspecified atom stereocenters. The molecule has 178 valence electrons. The number of nitrogens with zero attached hydrogens (tertiary/aromatic N) is 5. The highest BCUT2D eigenvalue weighted by Crippen LogP contribution is 2.33. The third kappa shape index (κ3) is 4.63. The predicted octanol–water partition coefficient (Wildman–Crippen LogP) is 3.17. The minimum Gasteiger partial charge on any atom is -0.454 e. The maximum Gasteiger partial charge on any atom is 0.231 e. The molecule has 8 nitrogen and oxygen atoms in total. The monoisotopic (exact) mass is 481 g/mol. The van der Waals surface area contributed by atoms with Crippen LogP contribution in [0.5, 0.6) is 11.5 Å². The third-order valence-electron chi connectivity index (χ3n) is 6.67. The van der Waals surface area contributed by atoms with Gasteiger partial charge in [-0.1, -0.05) is 17.7 Å². The van der Waals surface area contributed by atoms with Crippen LogP contribution in [0.15, 0.2) is 36.4 Å². The molecule has 0 spiro atoms. The molecule has 0 saturated carbocycles. The van der Waals surface area contributed by atoms with Gasteiger partial charge in [0.25, 0.3) is 0 Å². The molecule has 0 radical (unpaired) electrons. The van der Waals surface area contributed by atoms with Gasteiger partial charge in [0.2, 0.25) is 6.79 Å². The molecule has 0 N–H and O–H groups in total. The van der Waals surface area contributed by atoms with E-state index in [0.717, 1.165) is 99.6 Å². The molecule has 4 heterocycles. The number of morpholine rings is 1. The Morgan fingerprint density at radius 3 is 2.38 bits per heavy atom. The lowest BCUT2D eigenvalue weighted by Gasteiger charge is -2.34. The van der Waals surface area contributed by atoms with Crippen molar-refractivity contribution in [3.63, 3.8) is 0 Å². The van der Waals surface area contributed by atoms with Crippen molar-refractivity contribution in [2.24, 2.45) is 0 Å². The first-order valence-corrected chi connectivity index (χ1v) is 12.2. The largest absolute Gasteiger partial charge is 0.454 e. The van der Waals surface area contributed by atoms with E-state index in [1.807, 2.05) is 24.3 Å². The number of anilines is 1. The van der Waals surface area contributed by atoms with E-state index in [4.69, 9.17) is 35.8 Å². The van der Waals surface area contributed by atoms with Crippen molar-refractivity contribution in [2.45, 2.75) is 13.1 Å². The van der Waals surface area contributed by atoms with Gasteiger partial charge in [0.1, 0.15) is 11.6 Å². The van der Waals surface area contributed by atoms with Crippen LogP contribution in [0.4, 0.5) is 5.82 Å². The number of hydrogen-bond donors (Lipinski definition) is 0. The highest BCUT2D eigenvalue weighted by Gasteiger charge is 2.22. The summed E-state index contributed by atoms with van der Waals surface area (Å²) in [6.45, 7) is 9.05. The summed E-state index contributed by atoms with van der Waals surface area (Å²) in [6, 6.07) is 12.1.